The SMILES string of the molecule is CC.CC.CC(F)(F)F.CCC(CC(O)CN1CCN(C(C)c2ncc(-c3ccc(Cl)cc3)o2)CC1)C(=O)N(C)C(C)(C)O.CNC=O.c1ccc2c(c1)CCCO2.c1cscn1. The number of nitrogens with zero attached hydrogens (tertiary/aromatic N) is 5. The number of halogens is 4. The molecule has 0 bridgehead atoms. The summed E-state index contributed by atoms with van der Waals surface area (Å²) < 4.78 is 42.5. The third kappa shape index (κ3) is 25.1. The van der Waals surface area contributed by atoms with Crippen molar-refractivity contribution >= 4 is 35.3 Å². The summed E-state index contributed by atoms with van der Waals surface area (Å²) in [5.74, 6) is 2.03. The van der Waals surface area contributed by atoms with E-state index in [2.05, 4.69) is 44.1 Å². The second kappa shape index (κ2) is 32.6. The van der Waals surface area contributed by atoms with Crippen molar-refractivity contribution in [2.24, 2.45) is 5.92 Å². The molecule has 17 heteroatoms. The molecule has 3 unspecified atom stereocenters. The summed E-state index contributed by atoms with van der Waals surface area (Å²) in [6.45, 7) is 20.1. The number of carbonyl (C=O) groups excluding carboxylic acids is 2. The number of amides is 2. The van der Waals surface area contributed by atoms with Crippen LogP contribution in [0.25, 0.3) is 11.3 Å². The fourth-order valence-corrected chi connectivity index (χ4v) is 6.35. The van der Waals surface area contributed by atoms with Gasteiger partial charge in [0, 0.05) is 81.8 Å². The zero-order valence-electron chi connectivity index (χ0n) is 39.0. The van der Waals surface area contributed by atoms with Crippen LogP contribution in [0.1, 0.15) is 99.1 Å². The molecule has 4 aromatic rings. The van der Waals surface area contributed by atoms with Crippen molar-refractivity contribution in [1.82, 2.24) is 30.0 Å². The molecular weight excluding hydrogens is 857 g/mol. The molecule has 2 amide bonds. The summed E-state index contributed by atoms with van der Waals surface area (Å²) in [7, 11) is 3.16. The Bertz CT molecular complexity index is 1690. The number of hydrogen-bond donors (Lipinski definition) is 3. The zero-order chi connectivity index (χ0) is 48.0. The molecule has 1 saturated heterocycles. The van der Waals surface area contributed by atoms with Gasteiger partial charge in [-0.15, -0.1) is 11.3 Å². The number of aryl methyl sites for hydroxylation is 1. The van der Waals surface area contributed by atoms with Crippen molar-refractivity contribution in [1.29, 1.82) is 0 Å². The predicted octanol–water partition coefficient (Wildman–Crippen LogP) is 9.78. The number of oxazole rings is 1. The minimum absolute atomic E-state index is 0.0441. The van der Waals surface area contributed by atoms with Crippen molar-refractivity contribution in [3.8, 4) is 17.1 Å². The molecule has 12 nitrogen and oxygen atoms in total. The first kappa shape index (κ1) is 58.9. The van der Waals surface area contributed by atoms with Gasteiger partial charge in [-0.25, -0.2) is 4.98 Å². The maximum atomic E-state index is 12.7. The van der Waals surface area contributed by atoms with E-state index >= 15 is 0 Å². The molecule has 2 aromatic carbocycles. The topological polar surface area (TPSA) is 144 Å². The van der Waals surface area contributed by atoms with Crippen LogP contribution in [0.2, 0.25) is 5.02 Å². The maximum Gasteiger partial charge on any atom is 0.386 e. The molecule has 4 heterocycles. The highest BCUT2D eigenvalue weighted by Crippen LogP contribution is 2.28. The number of aliphatic hydroxyl groups excluding tert-OH is 1. The number of ether oxygens (including phenoxy) is 1. The fraction of sp³-hybridized carbons (Fsp3) is 0.565. The van der Waals surface area contributed by atoms with Crippen LogP contribution in [0, 0.1) is 5.92 Å². The molecular formula is C46H72ClF3N6O6S. The first-order valence-corrected chi connectivity index (χ1v) is 22.8. The first-order valence-electron chi connectivity index (χ1n) is 21.4. The quantitative estimate of drug-likeness (QED) is 0.0983. The van der Waals surface area contributed by atoms with E-state index in [1.165, 1.54) is 16.9 Å². The van der Waals surface area contributed by atoms with Gasteiger partial charge in [0.2, 0.25) is 18.2 Å². The molecule has 2 aromatic heterocycles. The third-order valence-electron chi connectivity index (χ3n) is 9.27. The number of carbonyl (C=O) groups is 2. The van der Waals surface area contributed by atoms with Gasteiger partial charge < -0.3 is 29.6 Å². The van der Waals surface area contributed by atoms with Gasteiger partial charge in [-0.2, -0.15) is 13.2 Å². The normalized spacial score (nSPS) is 14.7. The van der Waals surface area contributed by atoms with Crippen LogP contribution in [-0.2, 0) is 16.0 Å². The summed E-state index contributed by atoms with van der Waals surface area (Å²) in [4.78, 5) is 35.9. The summed E-state index contributed by atoms with van der Waals surface area (Å²) in [5, 5.41) is 25.7. The number of fused-ring (bicyclic) bond motifs is 1. The molecule has 3 N–H and O–H groups in total. The highest BCUT2D eigenvalue weighted by atomic mass is 35.5. The van der Waals surface area contributed by atoms with E-state index in [1.54, 1.807) is 57.2 Å². The molecule has 2 aliphatic rings. The lowest BCUT2D eigenvalue weighted by Gasteiger charge is -2.38. The van der Waals surface area contributed by atoms with Crippen LogP contribution >= 0.6 is 22.9 Å². The third-order valence-corrected chi connectivity index (χ3v) is 10.0. The molecule has 0 radical (unpaired) electrons. The maximum absolute atomic E-state index is 12.7. The molecule has 0 spiro atoms. The average Bonchev–Trinajstić information content (AvgIpc) is 4.04. The van der Waals surface area contributed by atoms with Crippen LogP contribution in [0.15, 0.2) is 76.2 Å². The molecule has 6 rings (SSSR count). The van der Waals surface area contributed by atoms with E-state index in [0.29, 0.717) is 36.7 Å². The molecule has 2 aliphatic heterocycles. The van der Waals surface area contributed by atoms with Crippen LogP contribution in [0.4, 0.5) is 13.2 Å². The lowest BCUT2D eigenvalue weighted by atomic mass is 9.96. The fourth-order valence-electron chi connectivity index (χ4n) is 5.88. The molecule has 0 saturated carbocycles. The van der Waals surface area contributed by atoms with E-state index < -0.39 is 18.0 Å². The largest absolute Gasteiger partial charge is 0.493 e. The lowest BCUT2D eigenvalue weighted by Crippen LogP contribution is -2.50. The second-order valence-electron chi connectivity index (χ2n) is 14.4. The Labute approximate surface area is 382 Å². The number of para-hydroxylation sites is 1. The monoisotopic (exact) mass is 928 g/mol. The molecule has 0 aliphatic carbocycles. The van der Waals surface area contributed by atoms with Gasteiger partial charge in [0.1, 0.15) is 11.5 Å². The number of aliphatic hydroxyl groups is 2. The molecule has 63 heavy (non-hydrogen) atoms. The van der Waals surface area contributed by atoms with Crippen LogP contribution in [0.5, 0.6) is 5.75 Å². The number of benzene rings is 2. The highest BCUT2D eigenvalue weighted by molar-refractivity contribution is 7.07. The van der Waals surface area contributed by atoms with Crippen molar-refractivity contribution in [2.45, 2.75) is 112 Å². The van der Waals surface area contributed by atoms with Gasteiger partial charge in [0.15, 0.2) is 5.76 Å². The second-order valence-corrected chi connectivity index (χ2v) is 15.6. The van der Waals surface area contributed by atoms with Crippen LogP contribution in [-0.4, -0.2) is 119 Å². The van der Waals surface area contributed by atoms with E-state index in [4.69, 9.17) is 25.5 Å². The Morgan fingerprint density at radius 3 is 2.11 bits per heavy atom. The number of rotatable bonds is 11. The van der Waals surface area contributed by atoms with E-state index in [1.807, 2.05) is 76.4 Å². The number of alkyl halides is 3. The summed E-state index contributed by atoms with van der Waals surface area (Å²) in [6.07, 6.45) is 2.89. The van der Waals surface area contributed by atoms with E-state index in [9.17, 15) is 28.2 Å². The first-order chi connectivity index (χ1) is 29.9. The van der Waals surface area contributed by atoms with Crippen LogP contribution < -0.4 is 10.1 Å². The number of thiazole rings is 1. The van der Waals surface area contributed by atoms with Gasteiger partial charge >= 0.3 is 6.18 Å². The Hall–Kier alpha value is -4.06. The zero-order valence-corrected chi connectivity index (χ0v) is 40.6. The summed E-state index contributed by atoms with van der Waals surface area (Å²) in [5.41, 5.74) is 2.87. The Morgan fingerprint density at radius 2 is 1.63 bits per heavy atom. The lowest BCUT2D eigenvalue weighted by molar-refractivity contribution is -0.154. The Balaban J connectivity index is 0.00000110. The van der Waals surface area contributed by atoms with Crippen molar-refractivity contribution in [3.63, 3.8) is 0 Å². The molecule has 356 valence electrons. The predicted molar refractivity (Wildman–Crippen MR) is 249 cm³/mol. The van der Waals surface area contributed by atoms with Gasteiger partial charge in [-0.05, 0) is 82.3 Å². The minimum atomic E-state index is -4.00. The highest BCUT2D eigenvalue weighted by Gasteiger charge is 2.32. The van der Waals surface area contributed by atoms with E-state index in [0.717, 1.165) is 56.3 Å². The van der Waals surface area contributed by atoms with Gasteiger partial charge in [0.05, 0.1) is 30.5 Å². The number of aromatic nitrogens is 2. The summed E-state index contributed by atoms with van der Waals surface area (Å²) >= 11 is 7.58. The summed E-state index contributed by atoms with van der Waals surface area (Å²) in [6, 6.07) is 15.8. The minimum Gasteiger partial charge on any atom is -0.493 e. The van der Waals surface area contributed by atoms with Gasteiger partial charge in [-0.3, -0.25) is 24.4 Å². The average molecular weight is 930 g/mol. The van der Waals surface area contributed by atoms with Crippen molar-refractivity contribution in [3.05, 3.63) is 88.3 Å². The van der Waals surface area contributed by atoms with Gasteiger partial charge in [-0.1, -0.05) is 64.4 Å². The number of piperazine rings is 1. The van der Waals surface area contributed by atoms with Crippen molar-refractivity contribution in [2.75, 3.05) is 53.4 Å². The number of nitrogens with one attached hydrogen (secondary N) is 1. The molecule has 3 atom stereocenters. The number of β-amino-alcohol motifs (C(OH)–C–C–N with tert-alkyl or cyclic N) is 1. The van der Waals surface area contributed by atoms with Crippen LogP contribution in [0.3, 0.4) is 0 Å². The Morgan fingerprint density at radius 1 is 1.05 bits per heavy atom. The van der Waals surface area contributed by atoms with Gasteiger partial charge in [0.25, 0.3) is 0 Å². The smallest absolute Gasteiger partial charge is 0.386 e. The standard InChI is InChI=1S/C26H39ClN4O4.C9H10O.C3H3NS.C2H3F3.C2H5NO.2C2H6/c1-6-19(25(33)29(5)26(3,4)34)15-22(32)17-30-11-13-31(14-12-30)18(2)24-28-16-23(35-24)20-7-9-21(27)10-8-20;1-2-6-9-8(4-1)5-3-7-10-9;1-2-5-3-4-1;1-2(3,4)5;1-3-2-4;2*1-2/h7-10,16,18-19,22,32,34H,6,11-15,17H2,1-5H3;1-2,4,6H,3,5,7H2;1-3H;1H3;2H,1H3,(H,3,4);2*1-2H3. The van der Waals surface area contributed by atoms with Crippen molar-refractivity contribution < 1.29 is 42.1 Å². The molecule has 1 fully saturated rings. The van der Waals surface area contributed by atoms with E-state index in [-0.39, 0.29) is 24.8 Å². The Kier molecular flexibility index (Phi) is 30.5. The number of hydrogen-bond acceptors (Lipinski definition) is 11.